The summed E-state index contributed by atoms with van der Waals surface area (Å²) in [6.07, 6.45) is 0.463. The van der Waals surface area contributed by atoms with Gasteiger partial charge < -0.3 is 4.74 Å². The van der Waals surface area contributed by atoms with Gasteiger partial charge in [-0.2, -0.15) is 0 Å². The van der Waals surface area contributed by atoms with Crippen molar-refractivity contribution in [2.24, 2.45) is 0 Å². The van der Waals surface area contributed by atoms with Gasteiger partial charge in [-0.1, -0.05) is 18.2 Å². The molecule has 0 aliphatic carbocycles. The summed E-state index contributed by atoms with van der Waals surface area (Å²) in [7, 11) is -2.29. The molecule has 2 aromatic rings. The van der Waals surface area contributed by atoms with Crippen LogP contribution in [0.2, 0.25) is 0 Å². The zero-order valence-electron chi connectivity index (χ0n) is 14.2. The molecule has 0 aliphatic rings. The molecule has 0 aliphatic heterocycles. The van der Waals surface area contributed by atoms with Gasteiger partial charge in [-0.05, 0) is 44.0 Å². The maximum absolute atomic E-state index is 12.5. The van der Waals surface area contributed by atoms with E-state index in [0.717, 1.165) is 11.6 Å². The van der Waals surface area contributed by atoms with Crippen molar-refractivity contribution in [1.29, 1.82) is 0 Å². The Labute approximate surface area is 146 Å². The van der Waals surface area contributed by atoms with Crippen LogP contribution in [0.1, 0.15) is 18.1 Å². The highest BCUT2D eigenvalue weighted by Gasteiger charge is 2.21. The zero-order chi connectivity index (χ0) is 18.6. The van der Waals surface area contributed by atoms with Crippen molar-refractivity contribution in [3.8, 4) is 5.75 Å². The maximum Gasteiger partial charge on any atom is 0.273 e. The van der Waals surface area contributed by atoms with E-state index in [4.69, 9.17) is 4.74 Å². The van der Waals surface area contributed by atoms with Gasteiger partial charge in [0.1, 0.15) is 5.75 Å². The molecular formula is C17H20N2O5S. The molecule has 2 rings (SSSR count). The summed E-state index contributed by atoms with van der Waals surface area (Å²) >= 11 is 0. The summed E-state index contributed by atoms with van der Waals surface area (Å²) in [5.74, 6) is 0.696. The average molecular weight is 364 g/mol. The number of hydrogen-bond donors (Lipinski definition) is 1. The molecule has 0 radical (unpaired) electrons. The van der Waals surface area contributed by atoms with E-state index < -0.39 is 21.0 Å². The molecule has 0 aromatic heterocycles. The average Bonchev–Trinajstić information content (AvgIpc) is 2.54. The van der Waals surface area contributed by atoms with Gasteiger partial charge in [0.2, 0.25) is 10.0 Å². The first-order valence-corrected chi connectivity index (χ1v) is 9.11. The number of methoxy groups -OCH3 is 1. The van der Waals surface area contributed by atoms with Crippen molar-refractivity contribution in [1.82, 2.24) is 4.72 Å². The first kappa shape index (κ1) is 18.9. The van der Waals surface area contributed by atoms with E-state index in [1.54, 1.807) is 21.0 Å². The van der Waals surface area contributed by atoms with Gasteiger partial charge in [0.05, 0.1) is 16.9 Å². The predicted octanol–water partition coefficient (Wildman–Crippen LogP) is 2.82. The van der Waals surface area contributed by atoms with Crippen LogP contribution in [-0.4, -0.2) is 26.5 Å². The Hall–Kier alpha value is -2.45. The second-order valence-corrected chi connectivity index (χ2v) is 7.50. The third-order valence-corrected chi connectivity index (χ3v) is 5.31. The van der Waals surface area contributed by atoms with E-state index in [2.05, 4.69) is 4.72 Å². The second-order valence-electron chi connectivity index (χ2n) is 5.78. The molecule has 8 heteroatoms. The summed E-state index contributed by atoms with van der Waals surface area (Å²) in [5.41, 5.74) is 1.11. The number of nitro benzene ring substituents is 1. The van der Waals surface area contributed by atoms with Crippen molar-refractivity contribution in [3.63, 3.8) is 0 Å². The SMILES string of the molecule is COc1cccc(CC(C)NS(=O)(=O)c2ccc(C)c([N+](=O)[O-])c2)c1. The Balaban J connectivity index is 2.17. The van der Waals surface area contributed by atoms with Crippen LogP contribution in [0.15, 0.2) is 47.4 Å². The molecule has 134 valence electrons. The van der Waals surface area contributed by atoms with Crippen LogP contribution in [0.4, 0.5) is 5.69 Å². The zero-order valence-corrected chi connectivity index (χ0v) is 15.0. The minimum absolute atomic E-state index is 0.123. The van der Waals surface area contributed by atoms with Crippen molar-refractivity contribution in [3.05, 3.63) is 63.7 Å². The number of aryl methyl sites for hydroxylation is 1. The number of nitrogens with zero attached hydrogens (tertiary/aromatic N) is 1. The standard InChI is InChI=1S/C17H20N2O5S/c1-12-7-8-16(11-17(12)19(20)21)25(22,23)18-13(2)9-14-5-4-6-15(10-14)24-3/h4-8,10-11,13,18H,9H2,1-3H3. The smallest absolute Gasteiger partial charge is 0.273 e. The molecule has 0 saturated heterocycles. The van der Waals surface area contributed by atoms with E-state index in [0.29, 0.717) is 17.7 Å². The minimum Gasteiger partial charge on any atom is -0.497 e. The molecule has 0 saturated carbocycles. The Morgan fingerprint density at radius 1 is 1.24 bits per heavy atom. The van der Waals surface area contributed by atoms with Gasteiger partial charge >= 0.3 is 0 Å². The fourth-order valence-corrected chi connectivity index (χ4v) is 3.74. The maximum atomic E-state index is 12.5. The molecular weight excluding hydrogens is 344 g/mol. The van der Waals surface area contributed by atoms with E-state index in [-0.39, 0.29) is 10.6 Å². The second kappa shape index (κ2) is 7.62. The first-order chi connectivity index (χ1) is 11.7. The molecule has 7 nitrogen and oxygen atoms in total. The Morgan fingerprint density at radius 3 is 2.60 bits per heavy atom. The van der Waals surface area contributed by atoms with E-state index >= 15 is 0 Å². The normalized spacial score (nSPS) is 12.6. The van der Waals surface area contributed by atoms with Gasteiger partial charge in [0.25, 0.3) is 5.69 Å². The molecule has 0 bridgehead atoms. The molecule has 0 heterocycles. The van der Waals surface area contributed by atoms with Crippen molar-refractivity contribution >= 4 is 15.7 Å². The summed E-state index contributed by atoms with van der Waals surface area (Å²) in [6, 6.07) is 10.8. The Kier molecular flexibility index (Phi) is 5.76. The van der Waals surface area contributed by atoms with Crippen LogP contribution in [0, 0.1) is 17.0 Å². The van der Waals surface area contributed by atoms with Crippen molar-refractivity contribution in [2.75, 3.05) is 7.11 Å². The number of nitro groups is 1. The molecule has 0 fully saturated rings. The lowest BCUT2D eigenvalue weighted by molar-refractivity contribution is -0.385. The van der Waals surface area contributed by atoms with Crippen molar-refractivity contribution < 1.29 is 18.1 Å². The summed E-state index contributed by atoms with van der Waals surface area (Å²) in [5, 5.41) is 11.0. The topological polar surface area (TPSA) is 98.5 Å². The van der Waals surface area contributed by atoms with Gasteiger partial charge in [-0.25, -0.2) is 13.1 Å². The quantitative estimate of drug-likeness (QED) is 0.602. The van der Waals surface area contributed by atoms with Crippen LogP contribution in [-0.2, 0) is 16.4 Å². The van der Waals surface area contributed by atoms with Crippen LogP contribution in [0.25, 0.3) is 0 Å². The van der Waals surface area contributed by atoms with Crippen LogP contribution >= 0.6 is 0 Å². The third kappa shape index (κ3) is 4.77. The fourth-order valence-electron chi connectivity index (χ4n) is 2.48. The highest BCUT2D eigenvalue weighted by molar-refractivity contribution is 7.89. The predicted molar refractivity (Wildman–Crippen MR) is 94.3 cm³/mol. The number of ether oxygens (including phenoxy) is 1. The lowest BCUT2D eigenvalue weighted by Crippen LogP contribution is -2.34. The van der Waals surface area contributed by atoms with Gasteiger partial charge in [0.15, 0.2) is 0 Å². The number of nitrogens with one attached hydrogen (secondary N) is 1. The number of sulfonamides is 1. The van der Waals surface area contributed by atoms with E-state index in [1.807, 2.05) is 24.3 Å². The fraction of sp³-hybridized carbons (Fsp3) is 0.294. The molecule has 1 N–H and O–H groups in total. The highest BCUT2D eigenvalue weighted by atomic mass is 32.2. The van der Waals surface area contributed by atoms with E-state index in [9.17, 15) is 18.5 Å². The molecule has 1 unspecified atom stereocenters. The molecule has 0 amide bonds. The molecule has 25 heavy (non-hydrogen) atoms. The van der Waals surface area contributed by atoms with Crippen molar-refractivity contribution in [2.45, 2.75) is 31.2 Å². The summed E-state index contributed by atoms with van der Waals surface area (Å²) in [6.45, 7) is 3.30. The lowest BCUT2D eigenvalue weighted by atomic mass is 10.1. The lowest BCUT2D eigenvalue weighted by Gasteiger charge is -2.15. The van der Waals surface area contributed by atoms with E-state index in [1.165, 1.54) is 12.1 Å². The van der Waals surface area contributed by atoms with Gasteiger partial charge in [0, 0.05) is 17.7 Å². The number of hydrogen-bond acceptors (Lipinski definition) is 5. The Morgan fingerprint density at radius 2 is 1.96 bits per heavy atom. The largest absolute Gasteiger partial charge is 0.497 e. The number of benzene rings is 2. The first-order valence-electron chi connectivity index (χ1n) is 7.63. The van der Waals surface area contributed by atoms with Gasteiger partial charge in [-0.3, -0.25) is 10.1 Å². The monoisotopic (exact) mass is 364 g/mol. The molecule has 2 aromatic carbocycles. The van der Waals surface area contributed by atoms with Crippen LogP contribution < -0.4 is 9.46 Å². The Bertz CT molecular complexity index is 880. The third-order valence-electron chi connectivity index (χ3n) is 3.72. The van der Waals surface area contributed by atoms with Gasteiger partial charge in [-0.15, -0.1) is 0 Å². The van der Waals surface area contributed by atoms with Crippen LogP contribution in [0.5, 0.6) is 5.75 Å². The molecule has 1 atom stereocenters. The molecule has 0 spiro atoms. The summed E-state index contributed by atoms with van der Waals surface area (Å²) in [4.78, 5) is 10.3. The van der Waals surface area contributed by atoms with Crippen LogP contribution in [0.3, 0.4) is 0 Å². The minimum atomic E-state index is -3.85. The highest BCUT2D eigenvalue weighted by Crippen LogP contribution is 2.22. The summed E-state index contributed by atoms with van der Waals surface area (Å²) < 4.78 is 32.7. The number of rotatable bonds is 7.